The second-order valence-corrected chi connectivity index (χ2v) is 4.43. The van der Waals surface area contributed by atoms with Gasteiger partial charge in [0.2, 0.25) is 5.91 Å². The Morgan fingerprint density at radius 3 is 2.67 bits per heavy atom. The number of benzene rings is 1. The summed E-state index contributed by atoms with van der Waals surface area (Å²) in [4.78, 5) is 22.9. The minimum absolute atomic E-state index is 0.108. The molecule has 0 saturated carbocycles. The first-order valence-electron chi connectivity index (χ1n) is 6.21. The van der Waals surface area contributed by atoms with E-state index in [2.05, 4.69) is 17.6 Å². The van der Waals surface area contributed by atoms with Gasteiger partial charge in [-0.1, -0.05) is 19.4 Å². The van der Waals surface area contributed by atoms with Crippen LogP contribution in [0.3, 0.4) is 0 Å². The highest BCUT2D eigenvalue weighted by molar-refractivity contribution is 5.96. The fourth-order valence-corrected chi connectivity index (χ4v) is 1.75. The van der Waals surface area contributed by atoms with Crippen LogP contribution >= 0.6 is 0 Å². The van der Waals surface area contributed by atoms with Crippen molar-refractivity contribution in [3.8, 4) is 0 Å². The van der Waals surface area contributed by atoms with Crippen LogP contribution in [0.2, 0.25) is 0 Å². The van der Waals surface area contributed by atoms with E-state index in [9.17, 15) is 9.59 Å². The maximum absolute atomic E-state index is 11.9. The lowest BCUT2D eigenvalue weighted by Gasteiger charge is -2.13. The van der Waals surface area contributed by atoms with Crippen molar-refractivity contribution in [3.05, 3.63) is 29.8 Å². The van der Waals surface area contributed by atoms with E-state index < -0.39 is 0 Å². The Kier molecular flexibility index (Phi) is 5.36. The number of anilines is 1. The highest BCUT2D eigenvalue weighted by Crippen LogP contribution is 2.11. The molecular formula is C14H20N2O2. The number of nitrogens with one attached hydrogen (secondary N) is 2. The monoisotopic (exact) mass is 248 g/mol. The Hall–Kier alpha value is -1.84. The van der Waals surface area contributed by atoms with Crippen LogP contribution in [-0.4, -0.2) is 17.9 Å². The number of amides is 2. The van der Waals surface area contributed by atoms with E-state index in [1.54, 1.807) is 24.3 Å². The summed E-state index contributed by atoms with van der Waals surface area (Å²) in [6, 6.07) is 7.08. The van der Waals surface area contributed by atoms with E-state index in [0.29, 0.717) is 11.3 Å². The van der Waals surface area contributed by atoms with E-state index >= 15 is 0 Å². The molecule has 0 heterocycles. The largest absolute Gasteiger partial charge is 0.350 e. The summed E-state index contributed by atoms with van der Waals surface area (Å²) in [5.41, 5.74) is 1.20. The third-order valence-corrected chi connectivity index (χ3v) is 2.54. The van der Waals surface area contributed by atoms with Crippen molar-refractivity contribution in [1.82, 2.24) is 5.32 Å². The molecule has 0 fully saturated rings. The Morgan fingerprint density at radius 2 is 2.06 bits per heavy atom. The zero-order chi connectivity index (χ0) is 13.5. The van der Waals surface area contributed by atoms with Crippen molar-refractivity contribution in [1.29, 1.82) is 0 Å². The molecule has 1 aromatic carbocycles. The molecule has 1 rings (SSSR count). The van der Waals surface area contributed by atoms with Gasteiger partial charge in [0.25, 0.3) is 5.91 Å². The third kappa shape index (κ3) is 4.57. The van der Waals surface area contributed by atoms with Crippen molar-refractivity contribution in [3.63, 3.8) is 0 Å². The van der Waals surface area contributed by atoms with Crippen LogP contribution < -0.4 is 10.6 Å². The van der Waals surface area contributed by atoms with Crippen LogP contribution in [0.15, 0.2) is 24.3 Å². The molecule has 0 saturated heterocycles. The number of hydrogen-bond donors (Lipinski definition) is 2. The molecule has 18 heavy (non-hydrogen) atoms. The van der Waals surface area contributed by atoms with Crippen LogP contribution in [-0.2, 0) is 4.79 Å². The van der Waals surface area contributed by atoms with E-state index in [1.165, 1.54) is 6.92 Å². The van der Waals surface area contributed by atoms with Gasteiger partial charge in [-0.15, -0.1) is 0 Å². The summed E-state index contributed by atoms with van der Waals surface area (Å²) in [6.45, 7) is 5.51. The SMILES string of the molecule is CCCC(C)NC(=O)c1cccc(NC(C)=O)c1. The van der Waals surface area contributed by atoms with Crippen molar-refractivity contribution in [2.45, 2.75) is 39.7 Å². The van der Waals surface area contributed by atoms with Gasteiger partial charge < -0.3 is 10.6 Å². The molecule has 0 aliphatic heterocycles. The van der Waals surface area contributed by atoms with Crippen LogP contribution in [0.4, 0.5) is 5.69 Å². The standard InChI is InChI=1S/C14H20N2O2/c1-4-6-10(2)15-14(18)12-7-5-8-13(9-12)16-11(3)17/h5,7-10H,4,6H2,1-3H3,(H,15,18)(H,16,17). The molecule has 98 valence electrons. The van der Waals surface area contributed by atoms with Gasteiger partial charge in [-0.2, -0.15) is 0 Å². The second-order valence-electron chi connectivity index (χ2n) is 4.43. The molecule has 4 nitrogen and oxygen atoms in total. The van der Waals surface area contributed by atoms with Crippen LogP contribution in [0.1, 0.15) is 44.0 Å². The summed E-state index contributed by atoms with van der Waals surface area (Å²) in [5.74, 6) is -0.255. The molecule has 2 amide bonds. The molecule has 0 spiro atoms. The Morgan fingerprint density at radius 1 is 1.33 bits per heavy atom. The first-order valence-corrected chi connectivity index (χ1v) is 6.21. The Labute approximate surface area is 108 Å². The lowest BCUT2D eigenvalue weighted by Crippen LogP contribution is -2.32. The van der Waals surface area contributed by atoms with Crippen molar-refractivity contribution >= 4 is 17.5 Å². The summed E-state index contributed by atoms with van der Waals surface area (Å²) in [6.07, 6.45) is 1.99. The van der Waals surface area contributed by atoms with Crippen LogP contribution in [0.25, 0.3) is 0 Å². The van der Waals surface area contributed by atoms with E-state index in [-0.39, 0.29) is 17.9 Å². The zero-order valence-electron chi connectivity index (χ0n) is 11.1. The van der Waals surface area contributed by atoms with Gasteiger partial charge in [0, 0.05) is 24.2 Å². The fourth-order valence-electron chi connectivity index (χ4n) is 1.75. The topological polar surface area (TPSA) is 58.2 Å². The Bertz CT molecular complexity index is 430. The molecule has 0 aromatic heterocycles. The van der Waals surface area contributed by atoms with Gasteiger partial charge in [0.05, 0.1) is 0 Å². The van der Waals surface area contributed by atoms with E-state index in [1.807, 2.05) is 6.92 Å². The van der Waals surface area contributed by atoms with Gasteiger partial charge >= 0.3 is 0 Å². The number of rotatable bonds is 5. The molecule has 1 aromatic rings. The first-order chi connectivity index (χ1) is 8.52. The maximum atomic E-state index is 11.9. The highest BCUT2D eigenvalue weighted by atomic mass is 16.2. The molecule has 0 aliphatic carbocycles. The van der Waals surface area contributed by atoms with Crippen molar-refractivity contribution in [2.24, 2.45) is 0 Å². The zero-order valence-corrected chi connectivity index (χ0v) is 11.1. The number of hydrogen-bond acceptors (Lipinski definition) is 2. The smallest absolute Gasteiger partial charge is 0.251 e. The molecule has 0 radical (unpaired) electrons. The molecule has 4 heteroatoms. The Balaban J connectivity index is 2.70. The molecule has 2 N–H and O–H groups in total. The average molecular weight is 248 g/mol. The van der Waals surface area contributed by atoms with E-state index in [4.69, 9.17) is 0 Å². The third-order valence-electron chi connectivity index (χ3n) is 2.54. The average Bonchev–Trinajstić information content (AvgIpc) is 2.28. The van der Waals surface area contributed by atoms with Gasteiger partial charge in [-0.3, -0.25) is 9.59 Å². The quantitative estimate of drug-likeness (QED) is 0.841. The lowest BCUT2D eigenvalue weighted by atomic mass is 10.1. The molecule has 1 atom stereocenters. The number of carbonyl (C=O) groups excluding carboxylic acids is 2. The van der Waals surface area contributed by atoms with Gasteiger partial charge in [-0.05, 0) is 31.5 Å². The summed E-state index contributed by atoms with van der Waals surface area (Å²) in [7, 11) is 0. The molecule has 0 aliphatic rings. The highest BCUT2D eigenvalue weighted by Gasteiger charge is 2.09. The van der Waals surface area contributed by atoms with Crippen molar-refractivity contribution in [2.75, 3.05) is 5.32 Å². The van der Waals surface area contributed by atoms with Crippen molar-refractivity contribution < 1.29 is 9.59 Å². The fraction of sp³-hybridized carbons (Fsp3) is 0.429. The number of carbonyl (C=O) groups is 2. The van der Waals surface area contributed by atoms with Crippen LogP contribution in [0.5, 0.6) is 0 Å². The second kappa shape index (κ2) is 6.79. The minimum Gasteiger partial charge on any atom is -0.350 e. The van der Waals surface area contributed by atoms with Gasteiger partial charge in [-0.25, -0.2) is 0 Å². The maximum Gasteiger partial charge on any atom is 0.251 e. The minimum atomic E-state index is -0.146. The predicted octanol–water partition coefficient (Wildman–Crippen LogP) is 2.56. The lowest BCUT2D eigenvalue weighted by molar-refractivity contribution is -0.114. The van der Waals surface area contributed by atoms with Crippen LogP contribution in [0, 0.1) is 0 Å². The molecule has 1 unspecified atom stereocenters. The summed E-state index contributed by atoms with van der Waals surface area (Å²) >= 11 is 0. The molecular weight excluding hydrogens is 228 g/mol. The summed E-state index contributed by atoms with van der Waals surface area (Å²) in [5, 5.41) is 5.59. The first kappa shape index (κ1) is 14.2. The summed E-state index contributed by atoms with van der Waals surface area (Å²) < 4.78 is 0. The molecule has 0 bridgehead atoms. The van der Waals surface area contributed by atoms with Gasteiger partial charge in [0.1, 0.15) is 0 Å². The van der Waals surface area contributed by atoms with Gasteiger partial charge in [0.15, 0.2) is 0 Å². The van der Waals surface area contributed by atoms with E-state index in [0.717, 1.165) is 12.8 Å². The predicted molar refractivity (Wildman–Crippen MR) is 72.6 cm³/mol. The normalized spacial score (nSPS) is 11.7.